The number of hydrogen-bond acceptors (Lipinski definition) is 3. The zero-order valence-corrected chi connectivity index (χ0v) is 10.8. The predicted molar refractivity (Wildman–Crippen MR) is 68.0 cm³/mol. The number of rotatable bonds is 6. The first kappa shape index (κ1) is 12.7. The molecule has 0 aromatic carbocycles. The molecule has 0 aliphatic carbocycles. The maximum atomic E-state index is 5.61. The van der Waals surface area contributed by atoms with Crippen molar-refractivity contribution in [3.63, 3.8) is 0 Å². The van der Waals surface area contributed by atoms with Crippen LogP contribution in [-0.4, -0.2) is 17.5 Å². The van der Waals surface area contributed by atoms with E-state index in [-0.39, 0.29) is 0 Å². The molecule has 86 valence electrons. The summed E-state index contributed by atoms with van der Waals surface area (Å²) in [6.45, 7) is 9.65. The fraction of sp³-hybridized carbons (Fsp3) is 0.667. The Morgan fingerprint density at radius 2 is 2.00 bits per heavy atom. The van der Waals surface area contributed by atoms with Gasteiger partial charge in [-0.3, -0.25) is 4.90 Å². The van der Waals surface area contributed by atoms with Gasteiger partial charge in [0.15, 0.2) is 0 Å². The maximum absolute atomic E-state index is 5.61. The van der Waals surface area contributed by atoms with Gasteiger partial charge in [-0.25, -0.2) is 0 Å². The fourth-order valence-corrected chi connectivity index (χ4v) is 2.55. The van der Waals surface area contributed by atoms with Crippen LogP contribution in [0.4, 0.5) is 0 Å². The summed E-state index contributed by atoms with van der Waals surface area (Å²) < 4.78 is 0. The van der Waals surface area contributed by atoms with Crippen LogP contribution >= 0.6 is 11.3 Å². The van der Waals surface area contributed by atoms with Crippen LogP contribution in [0.3, 0.4) is 0 Å². The van der Waals surface area contributed by atoms with Gasteiger partial charge in [-0.15, -0.1) is 11.3 Å². The monoisotopic (exact) mass is 226 g/mol. The van der Waals surface area contributed by atoms with Crippen LogP contribution < -0.4 is 5.73 Å². The van der Waals surface area contributed by atoms with Crippen molar-refractivity contribution in [3.05, 3.63) is 21.9 Å². The quantitative estimate of drug-likeness (QED) is 0.808. The van der Waals surface area contributed by atoms with Gasteiger partial charge in [0.2, 0.25) is 0 Å². The minimum atomic E-state index is 0.619. The summed E-state index contributed by atoms with van der Waals surface area (Å²) in [5, 5.41) is 0. The maximum Gasteiger partial charge on any atom is 0.0330 e. The molecule has 0 aliphatic rings. The van der Waals surface area contributed by atoms with Crippen LogP contribution in [0.25, 0.3) is 0 Å². The van der Waals surface area contributed by atoms with Crippen molar-refractivity contribution in [2.45, 2.75) is 46.3 Å². The lowest BCUT2D eigenvalue weighted by Crippen LogP contribution is -2.30. The third-order valence-corrected chi connectivity index (χ3v) is 3.61. The van der Waals surface area contributed by atoms with E-state index in [0.29, 0.717) is 12.6 Å². The second-order valence-electron chi connectivity index (χ2n) is 4.14. The number of thiophene rings is 1. The summed E-state index contributed by atoms with van der Waals surface area (Å²) in [5.74, 6) is 0. The van der Waals surface area contributed by atoms with Gasteiger partial charge in [0.25, 0.3) is 0 Å². The highest BCUT2D eigenvalue weighted by molar-refractivity contribution is 7.11. The molecule has 15 heavy (non-hydrogen) atoms. The van der Waals surface area contributed by atoms with Gasteiger partial charge in [-0.05, 0) is 38.9 Å². The third kappa shape index (κ3) is 3.93. The standard InChI is InChI=1S/C12H22N2S/c1-4-7-14(10(2)3)9-12-6-5-11(8-13)15-12/h5-6,10H,4,7-9,13H2,1-3H3. The van der Waals surface area contributed by atoms with Crippen LogP contribution in [0.1, 0.15) is 36.9 Å². The highest BCUT2D eigenvalue weighted by Gasteiger charge is 2.10. The number of nitrogens with zero attached hydrogens (tertiary/aromatic N) is 1. The Morgan fingerprint density at radius 3 is 2.47 bits per heavy atom. The molecular weight excluding hydrogens is 204 g/mol. The van der Waals surface area contributed by atoms with Gasteiger partial charge in [-0.2, -0.15) is 0 Å². The van der Waals surface area contributed by atoms with E-state index in [1.165, 1.54) is 22.7 Å². The van der Waals surface area contributed by atoms with Crippen molar-refractivity contribution in [3.8, 4) is 0 Å². The van der Waals surface area contributed by atoms with E-state index < -0.39 is 0 Å². The number of hydrogen-bond donors (Lipinski definition) is 1. The lowest BCUT2D eigenvalue weighted by atomic mass is 10.2. The molecule has 1 aromatic rings. The summed E-state index contributed by atoms with van der Waals surface area (Å²) in [6.07, 6.45) is 1.22. The topological polar surface area (TPSA) is 29.3 Å². The lowest BCUT2D eigenvalue weighted by Gasteiger charge is -2.25. The zero-order valence-electron chi connectivity index (χ0n) is 9.99. The van der Waals surface area contributed by atoms with E-state index in [1.54, 1.807) is 0 Å². The molecule has 1 heterocycles. The van der Waals surface area contributed by atoms with Crippen molar-refractivity contribution >= 4 is 11.3 Å². The molecule has 2 N–H and O–H groups in total. The van der Waals surface area contributed by atoms with Gasteiger partial charge >= 0.3 is 0 Å². The van der Waals surface area contributed by atoms with Gasteiger partial charge in [-0.1, -0.05) is 6.92 Å². The first-order valence-electron chi connectivity index (χ1n) is 5.69. The Labute approximate surface area is 97.1 Å². The van der Waals surface area contributed by atoms with Gasteiger partial charge in [0.1, 0.15) is 0 Å². The molecule has 0 saturated heterocycles. The molecule has 0 saturated carbocycles. The predicted octanol–water partition coefficient (Wildman–Crippen LogP) is 2.83. The minimum Gasteiger partial charge on any atom is -0.326 e. The molecule has 0 fully saturated rings. The molecule has 0 bridgehead atoms. The van der Waals surface area contributed by atoms with Crippen molar-refractivity contribution in [1.82, 2.24) is 4.90 Å². The summed E-state index contributed by atoms with van der Waals surface area (Å²) in [5.41, 5.74) is 5.61. The van der Waals surface area contributed by atoms with Gasteiger partial charge in [0.05, 0.1) is 0 Å². The molecule has 0 amide bonds. The molecule has 0 atom stereocenters. The highest BCUT2D eigenvalue weighted by Crippen LogP contribution is 2.18. The molecule has 1 aromatic heterocycles. The Morgan fingerprint density at radius 1 is 1.33 bits per heavy atom. The van der Waals surface area contributed by atoms with Gasteiger partial charge in [0, 0.05) is 28.9 Å². The van der Waals surface area contributed by atoms with Crippen molar-refractivity contribution in [2.24, 2.45) is 5.73 Å². The normalized spacial score (nSPS) is 11.6. The molecule has 3 heteroatoms. The lowest BCUT2D eigenvalue weighted by molar-refractivity contribution is 0.215. The van der Waals surface area contributed by atoms with E-state index in [4.69, 9.17) is 5.73 Å². The third-order valence-electron chi connectivity index (χ3n) is 2.52. The zero-order chi connectivity index (χ0) is 11.3. The second kappa shape index (κ2) is 6.26. The summed E-state index contributed by atoms with van der Waals surface area (Å²) >= 11 is 1.84. The summed E-state index contributed by atoms with van der Waals surface area (Å²) in [4.78, 5) is 5.22. The van der Waals surface area contributed by atoms with E-state index >= 15 is 0 Å². The van der Waals surface area contributed by atoms with Crippen LogP contribution in [0.15, 0.2) is 12.1 Å². The number of nitrogens with two attached hydrogens (primary N) is 1. The van der Waals surface area contributed by atoms with Crippen molar-refractivity contribution in [1.29, 1.82) is 0 Å². The van der Waals surface area contributed by atoms with Crippen LogP contribution in [0.5, 0.6) is 0 Å². The van der Waals surface area contributed by atoms with E-state index in [1.807, 2.05) is 11.3 Å². The molecule has 0 unspecified atom stereocenters. The Kier molecular flexibility index (Phi) is 5.29. The molecule has 0 radical (unpaired) electrons. The average Bonchev–Trinajstić information content (AvgIpc) is 2.65. The molecule has 0 aliphatic heterocycles. The molecular formula is C12H22N2S. The fourth-order valence-electron chi connectivity index (χ4n) is 1.62. The smallest absolute Gasteiger partial charge is 0.0330 e. The first-order valence-corrected chi connectivity index (χ1v) is 6.50. The highest BCUT2D eigenvalue weighted by atomic mass is 32.1. The Hall–Kier alpha value is -0.380. The summed E-state index contributed by atoms with van der Waals surface area (Å²) in [6, 6.07) is 4.97. The average molecular weight is 226 g/mol. The molecule has 2 nitrogen and oxygen atoms in total. The Balaban J connectivity index is 2.57. The van der Waals surface area contributed by atoms with Crippen LogP contribution in [-0.2, 0) is 13.1 Å². The minimum absolute atomic E-state index is 0.619. The van der Waals surface area contributed by atoms with E-state index in [0.717, 1.165) is 6.54 Å². The van der Waals surface area contributed by atoms with E-state index in [2.05, 4.69) is 37.8 Å². The second-order valence-corrected chi connectivity index (χ2v) is 5.39. The largest absolute Gasteiger partial charge is 0.326 e. The van der Waals surface area contributed by atoms with Gasteiger partial charge < -0.3 is 5.73 Å². The van der Waals surface area contributed by atoms with Crippen molar-refractivity contribution in [2.75, 3.05) is 6.54 Å². The first-order chi connectivity index (χ1) is 7.17. The van der Waals surface area contributed by atoms with E-state index in [9.17, 15) is 0 Å². The van der Waals surface area contributed by atoms with Crippen LogP contribution in [0, 0.1) is 0 Å². The Bertz CT molecular complexity index is 281. The SMILES string of the molecule is CCCN(Cc1ccc(CN)s1)C(C)C. The van der Waals surface area contributed by atoms with Crippen LogP contribution in [0.2, 0.25) is 0 Å². The molecule has 0 spiro atoms. The van der Waals surface area contributed by atoms with Crippen molar-refractivity contribution < 1.29 is 0 Å². The molecule has 1 rings (SSSR count). The summed E-state index contributed by atoms with van der Waals surface area (Å²) in [7, 11) is 0.